The molecule has 0 bridgehead atoms. The molecular formula is C127H81N17. The van der Waals surface area contributed by atoms with Crippen LogP contribution in [-0.4, -0.2) is 82.2 Å². The number of nitrogens with zero attached hydrogens (tertiary/aromatic N) is 17. The first-order chi connectivity index (χ1) is 71.4. The molecule has 29 aromatic rings. The maximum absolute atomic E-state index is 5.39. The number of aromatic nitrogens is 17. The van der Waals surface area contributed by atoms with E-state index in [1.165, 1.54) is 27.3 Å². The number of rotatable bonds is 14. The van der Waals surface area contributed by atoms with E-state index in [0.29, 0.717) is 52.5 Å². The fraction of sp³-hybridized carbons (Fsp3) is 0. The molecule has 0 saturated heterocycles. The molecule has 29 rings (SSSR count). The van der Waals surface area contributed by atoms with Gasteiger partial charge in [-0.15, -0.1) is 0 Å². The molecule has 0 aliphatic heterocycles. The number of hydrogen-bond acceptors (Lipinski definition) is 11. The Hall–Kier alpha value is -19.9. The Morgan fingerprint density at radius 1 is 0.153 bits per heavy atom. The van der Waals surface area contributed by atoms with Gasteiger partial charge in [-0.1, -0.05) is 376 Å². The molecule has 674 valence electrons. The van der Waals surface area contributed by atoms with Gasteiger partial charge in [-0.3, -0.25) is 13.7 Å². The summed E-state index contributed by atoms with van der Waals surface area (Å²) in [5.41, 5.74) is 26.6. The van der Waals surface area contributed by atoms with Crippen molar-refractivity contribution in [1.82, 2.24) is 82.2 Å². The third-order valence-corrected chi connectivity index (χ3v) is 27.2. The zero-order valence-electron chi connectivity index (χ0n) is 77.4. The second-order valence-electron chi connectivity index (χ2n) is 35.7. The minimum atomic E-state index is 0.483. The van der Waals surface area contributed by atoms with E-state index in [0.717, 1.165) is 177 Å². The predicted octanol–water partition coefficient (Wildman–Crippen LogP) is 30.3. The highest BCUT2D eigenvalue weighted by molar-refractivity contribution is 6.21. The average Bonchev–Trinajstić information content (AvgIpc) is 1.56. The van der Waals surface area contributed by atoms with Crippen molar-refractivity contribution in [3.05, 3.63) is 492 Å². The highest BCUT2D eigenvalue weighted by atomic mass is 15.2. The number of fused-ring (bicyclic) bond motifs is 18. The molecule has 0 amide bonds. The summed E-state index contributed by atoms with van der Waals surface area (Å²) in [6.45, 7) is 0. The van der Waals surface area contributed by atoms with E-state index in [1.807, 2.05) is 164 Å². The van der Waals surface area contributed by atoms with Crippen molar-refractivity contribution in [1.29, 1.82) is 0 Å². The number of benzene rings is 18. The Morgan fingerprint density at radius 2 is 0.417 bits per heavy atom. The van der Waals surface area contributed by atoms with Gasteiger partial charge in [0.1, 0.15) is 11.4 Å². The molecule has 0 unspecified atom stereocenters. The summed E-state index contributed by atoms with van der Waals surface area (Å²) >= 11 is 0. The average molecular weight is 1850 g/mol. The van der Waals surface area contributed by atoms with Gasteiger partial charge in [0.2, 0.25) is 17.8 Å². The normalized spacial score (nSPS) is 11.6. The summed E-state index contributed by atoms with van der Waals surface area (Å²) in [6, 6.07) is 163. The third kappa shape index (κ3) is 14.6. The molecule has 0 N–H and O–H groups in total. The maximum atomic E-state index is 5.39. The van der Waals surface area contributed by atoms with Crippen molar-refractivity contribution in [2.75, 3.05) is 0 Å². The second kappa shape index (κ2) is 35.3. The van der Waals surface area contributed by atoms with Crippen LogP contribution in [0.15, 0.2) is 492 Å². The SMILES string of the molecule is c1ccc(-c2cc(-c3ccccc3)nc(-c3nc(-n4c5ccccc5c5ccc6ccn(-c7ccccc7)c6c54)nc4ccccc34)n2)cc1.c1ccc(-c2ccc(-c3nc(-n4c5ccccc5c5ccc6ccn(-c7ccccc7)c6c54)nc4ccccc34)cc2)cc1.c1ccc(-c2nc(-c3ccccc3)nc(-c3nc(-n4c5ccccc5c5ccc6ccn(-c7ccccc7)c6c54)nc4ccccc34)n2)cc1. The van der Waals surface area contributed by atoms with Crippen LogP contribution in [-0.2, 0) is 0 Å². The maximum Gasteiger partial charge on any atom is 0.235 e. The molecule has 18 aromatic carbocycles. The van der Waals surface area contributed by atoms with Crippen molar-refractivity contribution < 1.29 is 0 Å². The summed E-state index contributed by atoms with van der Waals surface area (Å²) in [5, 5.41) is 13.1. The highest BCUT2D eigenvalue weighted by Gasteiger charge is 2.28. The molecule has 0 aliphatic rings. The second-order valence-corrected chi connectivity index (χ2v) is 35.7. The van der Waals surface area contributed by atoms with Gasteiger partial charge >= 0.3 is 0 Å². The molecule has 11 aromatic heterocycles. The monoisotopic (exact) mass is 1840 g/mol. The Kier molecular flexibility index (Phi) is 20.4. The van der Waals surface area contributed by atoms with E-state index in [4.69, 9.17) is 54.8 Å². The molecule has 0 radical (unpaired) electrons. The molecule has 17 heteroatoms. The lowest BCUT2D eigenvalue weighted by atomic mass is 10.0. The Morgan fingerprint density at radius 3 is 0.771 bits per heavy atom. The molecule has 11 heterocycles. The van der Waals surface area contributed by atoms with Gasteiger partial charge < -0.3 is 13.7 Å². The molecule has 0 aliphatic carbocycles. The van der Waals surface area contributed by atoms with Gasteiger partial charge in [-0.25, -0.2) is 54.8 Å². The Balaban J connectivity index is 0.000000108. The van der Waals surface area contributed by atoms with Crippen molar-refractivity contribution in [2.45, 2.75) is 0 Å². The van der Waals surface area contributed by atoms with Gasteiger partial charge in [0.25, 0.3) is 0 Å². The molecule has 144 heavy (non-hydrogen) atoms. The van der Waals surface area contributed by atoms with Crippen LogP contribution in [0.3, 0.4) is 0 Å². The molecule has 0 spiro atoms. The van der Waals surface area contributed by atoms with Crippen LogP contribution in [0.5, 0.6) is 0 Å². The Bertz CT molecular complexity index is 9490. The van der Waals surface area contributed by atoms with E-state index < -0.39 is 0 Å². The smallest absolute Gasteiger partial charge is 0.235 e. The quantitative estimate of drug-likeness (QED) is 0.101. The lowest BCUT2D eigenvalue weighted by Crippen LogP contribution is -2.07. The Labute approximate surface area is 824 Å². The molecule has 0 fully saturated rings. The van der Waals surface area contributed by atoms with Crippen molar-refractivity contribution in [3.8, 4) is 126 Å². The van der Waals surface area contributed by atoms with Crippen LogP contribution in [0.2, 0.25) is 0 Å². The van der Waals surface area contributed by atoms with Crippen LogP contribution < -0.4 is 0 Å². The first kappa shape index (κ1) is 83.5. The lowest BCUT2D eigenvalue weighted by molar-refractivity contribution is 0.994. The molecular weight excluding hydrogens is 1760 g/mol. The van der Waals surface area contributed by atoms with Crippen molar-refractivity contribution in [2.24, 2.45) is 0 Å². The minimum absolute atomic E-state index is 0.483. The van der Waals surface area contributed by atoms with Gasteiger partial charge in [0.05, 0.1) is 83.3 Å². The molecule has 0 atom stereocenters. The fourth-order valence-corrected chi connectivity index (χ4v) is 20.5. The van der Waals surface area contributed by atoms with Crippen LogP contribution in [0.25, 0.3) is 256 Å². The summed E-state index contributed by atoms with van der Waals surface area (Å²) in [4.78, 5) is 57.2. The fourth-order valence-electron chi connectivity index (χ4n) is 20.5. The van der Waals surface area contributed by atoms with Crippen LogP contribution in [0.4, 0.5) is 0 Å². The minimum Gasteiger partial charge on any atom is -0.315 e. The summed E-state index contributed by atoms with van der Waals surface area (Å²) in [5.74, 6) is 3.95. The van der Waals surface area contributed by atoms with E-state index in [9.17, 15) is 0 Å². The van der Waals surface area contributed by atoms with Crippen LogP contribution in [0.1, 0.15) is 0 Å². The summed E-state index contributed by atoms with van der Waals surface area (Å²) < 4.78 is 13.4. The van der Waals surface area contributed by atoms with Crippen LogP contribution >= 0.6 is 0 Å². The zero-order valence-corrected chi connectivity index (χ0v) is 77.4. The topological polar surface area (TPSA) is 171 Å². The van der Waals surface area contributed by atoms with Crippen molar-refractivity contribution >= 4 is 131 Å². The molecule has 17 nitrogen and oxygen atoms in total. The van der Waals surface area contributed by atoms with Crippen LogP contribution in [0, 0.1) is 0 Å². The summed E-state index contributed by atoms with van der Waals surface area (Å²) in [7, 11) is 0. The first-order valence-electron chi connectivity index (χ1n) is 48.0. The van der Waals surface area contributed by atoms with Gasteiger partial charge in [-0.05, 0) is 108 Å². The highest BCUT2D eigenvalue weighted by Crippen LogP contribution is 2.45. The van der Waals surface area contributed by atoms with Gasteiger partial charge in [0.15, 0.2) is 23.3 Å². The van der Waals surface area contributed by atoms with Crippen molar-refractivity contribution in [3.63, 3.8) is 0 Å². The van der Waals surface area contributed by atoms with E-state index in [-0.39, 0.29) is 0 Å². The molecule has 0 saturated carbocycles. The predicted molar refractivity (Wildman–Crippen MR) is 585 cm³/mol. The van der Waals surface area contributed by atoms with Gasteiger partial charge in [-0.2, -0.15) is 0 Å². The van der Waals surface area contributed by atoms with E-state index in [1.54, 1.807) is 0 Å². The number of hydrogen-bond donors (Lipinski definition) is 0. The van der Waals surface area contributed by atoms with E-state index in [2.05, 4.69) is 355 Å². The van der Waals surface area contributed by atoms with Gasteiger partial charge in [0, 0.05) is 128 Å². The first-order valence-corrected chi connectivity index (χ1v) is 48.0. The standard InChI is InChI=1S/C44H28N6.C43H27N7.C40H26N4/c1-4-14-29(15-5-1)37-28-38(30-16-6-2-7-17-30)46-43(45-37)40-35-21-10-12-22-36(35)47-44(48-40)50-39-23-13-11-20-33(39)34-25-24-31-26-27-49(41(31)42(34)50)32-18-8-3-9-19-32;1-4-14-29(15-5-1)40-46-41(30-16-6-2-7-17-30)48-42(47-40)37-34-21-10-12-22-35(34)44-43(45-37)50-36-23-13-11-20-32(36)33-25-24-28-26-27-49(38(28)39(33)50)31-18-8-3-9-19-31;1-3-11-27(12-4-1)28-19-21-29(22-20-28)37-34-16-7-9-17-35(34)41-40(42-37)44-36-18-10-8-15-32(36)33-24-23-30-25-26-43(38(30)39(33)44)31-13-5-2-6-14-31/h1-28H;1-27H;1-26H. The third-order valence-electron chi connectivity index (χ3n) is 27.2. The number of para-hydroxylation sites is 9. The summed E-state index contributed by atoms with van der Waals surface area (Å²) in [6.07, 6.45) is 6.43. The largest absolute Gasteiger partial charge is 0.315 e. The van der Waals surface area contributed by atoms with E-state index >= 15 is 0 Å². The lowest BCUT2D eigenvalue weighted by Gasteiger charge is -2.14. The zero-order chi connectivity index (χ0) is 95.1.